The van der Waals surface area contributed by atoms with Gasteiger partial charge in [-0.1, -0.05) is 6.92 Å². The highest BCUT2D eigenvalue weighted by Gasteiger charge is 2.38. The first-order valence-corrected chi connectivity index (χ1v) is 5.24. The van der Waals surface area contributed by atoms with Gasteiger partial charge in [-0.2, -0.15) is 13.2 Å². The molecule has 0 spiro atoms. The van der Waals surface area contributed by atoms with Crippen LogP contribution in [0.25, 0.3) is 0 Å². The van der Waals surface area contributed by atoms with Crippen LogP contribution in [0.5, 0.6) is 0 Å². The van der Waals surface area contributed by atoms with Crippen molar-refractivity contribution in [3.8, 4) is 0 Å². The number of pyridine rings is 1. The maximum Gasteiger partial charge on any atom is 0.419 e. The molecule has 0 bridgehead atoms. The zero-order chi connectivity index (χ0) is 14.0. The summed E-state index contributed by atoms with van der Waals surface area (Å²) in [6.45, 7) is 2.88. The molecule has 0 saturated carbocycles. The van der Waals surface area contributed by atoms with Crippen LogP contribution in [-0.2, 0) is 11.0 Å². The minimum atomic E-state index is -4.58. The molecule has 1 aromatic rings. The summed E-state index contributed by atoms with van der Waals surface area (Å²) >= 11 is 0. The Labute approximate surface area is 102 Å². The molecule has 1 aromatic heterocycles. The van der Waals surface area contributed by atoms with Gasteiger partial charge in [0.2, 0.25) is 0 Å². The number of anilines is 1. The molecular weight excluding hydrogens is 249 g/mol. The number of alkyl halides is 3. The number of halogens is 3. The van der Waals surface area contributed by atoms with Gasteiger partial charge < -0.3 is 10.4 Å². The van der Waals surface area contributed by atoms with E-state index in [1.54, 1.807) is 6.92 Å². The molecule has 0 fully saturated rings. The lowest BCUT2D eigenvalue weighted by atomic mass is 9.99. The van der Waals surface area contributed by atoms with Crippen molar-refractivity contribution in [1.29, 1.82) is 0 Å². The number of carboxylic acids is 1. The summed E-state index contributed by atoms with van der Waals surface area (Å²) in [6, 6.07) is 2.01. The first-order valence-electron chi connectivity index (χ1n) is 5.24. The Bertz CT molecular complexity index is 448. The Balaban J connectivity index is 3.16. The first-order chi connectivity index (χ1) is 8.20. The fourth-order valence-electron chi connectivity index (χ4n) is 1.29. The molecule has 18 heavy (non-hydrogen) atoms. The van der Waals surface area contributed by atoms with Crippen molar-refractivity contribution in [2.45, 2.75) is 32.0 Å². The van der Waals surface area contributed by atoms with Gasteiger partial charge in [0.1, 0.15) is 11.4 Å². The molecule has 0 aliphatic carbocycles. The molecule has 0 aromatic carbocycles. The van der Waals surface area contributed by atoms with Crippen LogP contribution in [0.2, 0.25) is 0 Å². The topological polar surface area (TPSA) is 62.2 Å². The number of rotatable bonds is 4. The van der Waals surface area contributed by atoms with E-state index in [9.17, 15) is 18.0 Å². The summed E-state index contributed by atoms with van der Waals surface area (Å²) in [5.74, 6) is -1.71. The second-order valence-electron chi connectivity index (χ2n) is 4.01. The van der Waals surface area contributed by atoms with Crippen LogP contribution in [0.3, 0.4) is 0 Å². The molecule has 1 rings (SSSR count). The molecule has 0 aliphatic heterocycles. The zero-order valence-corrected chi connectivity index (χ0v) is 9.88. The average molecular weight is 262 g/mol. The Kier molecular flexibility index (Phi) is 3.83. The second-order valence-corrected chi connectivity index (χ2v) is 4.01. The number of carbonyl (C=O) groups is 1. The lowest BCUT2D eigenvalue weighted by molar-refractivity contribution is -0.142. The van der Waals surface area contributed by atoms with Crippen LogP contribution < -0.4 is 5.32 Å². The van der Waals surface area contributed by atoms with Gasteiger partial charge >= 0.3 is 12.1 Å². The van der Waals surface area contributed by atoms with Crippen molar-refractivity contribution in [2.24, 2.45) is 0 Å². The number of carboxylic acid groups (broad SMARTS) is 1. The highest BCUT2D eigenvalue weighted by molar-refractivity contribution is 5.82. The Morgan fingerprint density at radius 1 is 1.50 bits per heavy atom. The predicted molar refractivity (Wildman–Crippen MR) is 59.2 cm³/mol. The number of nitrogens with zero attached hydrogens (tertiary/aromatic N) is 1. The lowest BCUT2D eigenvalue weighted by Gasteiger charge is -2.26. The van der Waals surface area contributed by atoms with Gasteiger partial charge in [-0.3, -0.25) is 0 Å². The van der Waals surface area contributed by atoms with Crippen molar-refractivity contribution in [3.63, 3.8) is 0 Å². The SMILES string of the molecule is CCC(C)(Nc1ncccc1C(F)(F)F)C(=O)O. The molecule has 0 radical (unpaired) electrons. The van der Waals surface area contributed by atoms with E-state index in [-0.39, 0.29) is 6.42 Å². The van der Waals surface area contributed by atoms with Crippen LogP contribution in [0.1, 0.15) is 25.8 Å². The molecular formula is C11H13F3N2O2. The van der Waals surface area contributed by atoms with Crippen LogP contribution in [0.4, 0.5) is 19.0 Å². The van der Waals surface area contributed by atoms with E-state index in [0.717, 1.165) is 12.1 Å². The third-order valence-corrected chi connectivity index (χ3v) is 2.69. The van der Waals surface area contributed by atoms with Crippen LogP contribution in [0.15, 0.2) is 18.3 Å². The van der Waals surface area contributed by atoms with Gasteiger partial charge in [0.05, 0.1) is 5.56 Å². The number of hydrogen-bond donors (Lipinski definition) is 2. The number of aromatic nitrogens is 1. The van der Waals surface area contributed by atoms with Crippen LogP contribution in [0, 0.1) is 0 Å². The lowest BCUT2D eigenvalue weighted by Crippen LogP contribution is -2.43. The Morgan fingerprint density at radius 3 is 2.56 bits per heavy atom. The van der Waals surface area contributed by atoms with E-state index in [4.69, 9.17) is 5.11 Å². The fourth-order valence-corrected chi connectivity index (χ4v) is 1.29. The Hall–Kier alpha value is -1.79. The maximum atomic E-state index is 12.7. The third kappa shape index (κ3) is 2.91. The summed E-state index contributed by atoms with van der Waals surface area (Å²) in [6.07, 6.45) is -3.28. The smallest absolute Gasteiger partial charge is 0.419 e. The van der Waals surface area contributed by atoms with Gasteiger partial charge in [-0.05, 0) is 25.5 Å². The summed E-state index contributed by atoms with van der Waals surface area (Å²) in [5.41, 5.74) is -2.47. The summed E-state index contributed by atoms with van der Waals surface area (Å²) < 4.78 is 38.1. The van der Waals surface area contributed by atoms with Crippen molar-refractivity contribution < 1.29 is 23.1 Å². The molecule has 1 heterocycles. The summed E-state index contributed by atoms with van der Waals surface area (Å²) in [5, 5.41) is 11.4. The molecule has 4 nitrogen and oxygen atoms in total. The van der Waals surface area contributed by atoms with Gasteiger partial charge in [0.25, 0.3) is 0 Å². The molecule has 0 aliphatic rings. The normalized spacial score (nSPS) is 14.9. The predicted octanol–water partition coefficient (Wildman–Crippen LogP) is 2.77. The van der Waals surface area contributed by atoms with Gasteiger partial charge in [0, 0.05) is 6.20 Å². The fraction of sp³-hybridized carbons (Fsp3) is 0.455. The second kappa shape index (κ2) is 4.83. The molecule has 1 atom stereocenters. The standard InChI is InChI=1S/C11H13F3N2O2/c1-3-10(2,9(17)18)16-8-7(11(12,13)14)5-4-6-15-8/h4-6H,3H2,1-2H3,(H,15,16)(H,17,18). The number of hydrogen-bond acceptors (Lipinski definition) is 3. The third-order valence-electron chi connectivity index (χ3n) is 2.69. The van der Waals surface area contributed by atoms with Crippen molar-refractivity contribution in [3.05, 3.63) is 23.9 Å². The van der Waals surface area contributed by atoms with Crippen molar-refractivity contribution >= 4 is 11.8 Å². The highest BCUT2D eigenvalue weighted by atomic mass is 19.4. The molecule has 0 saturated heterocycles. The molecule has 0 amide bonds. The average Bonchev–Trinajstić information content (AvgIpc) is 2.28. The molecule has 1 unspecified atom stereocenters. The van der Waals surface area contributed by atoms with E-state index < -0.39 is 29.1 Å². The number of aliphatic carboxylic acids is 1. The minimum absolute atomic E-state index is 0.121. The van der Waals surface area contributed by atoms with Gasteiger partial charge in [-0.15, -0.1) is 0 Å². The van der Waals surface area contributed by atoms with E-state index >= 15 is 0 Å². The van der Waals surface area contributed by atoms with Gasteiger partial charge in [-0.25, -0.2) is 9.78 Å². The van der Waals surface area contributed by atoms with Crippen molar-refractivity contribution in [2.75, 3.05) is 5.32 Å². The monoisotopic (exact) mass is 262 g/mol. The first kappa shape index (κ1) is 14.3. The minimum Gasteiger partial charge on any atom is -0.480 e. The highest BCUT2D eigenvalue weighted by Crippen LogP contribution is 2.34. The van der Waals surface area contributed by atoms with Crippen LogP contribution in [-0.4, -0.2) is 21.6 Å². The quantitative estimate of drug-likeness (QED) is 0.875. The van der Waals surface area contributed by atoms with E-state index in [1.807, 2.05) is 0 Å². The molecule has 2 N–H and O–H groups in total. The summed E-state index contributed by atoms with van der Waals surface area (Å²) in [4.78, 5) is 14.6. The van der Waals surface area contributed by atoms with Gasteiger partial charge in [0.15, 0.2) is 0 Å². The summed E-state index contributed by atoms with van der Waals surface area (Å²) in [7, 11) is 0. The number of nitrogens with one attached hydrogen (secondary N) is 1. The van der Waals surface area contributed by atoms with E-state index in [2.05, 4.69) is 10.3 Å². The van der Waals surface area contributed by atoms with E-state index in [1.165, 1.54) is 13.1 Å². The van der Waals surface area contributed by atoms with E-state index in [0.29, 0.717) is 0 Å². The zero-order valence-electron chi connectivity index (χ0n) is 9.88. The van der Waals surface area contributed by atoms with Crippen LogP contribution >= 0.6 is 0 Å². The maximum absolute atomic E-state index is 12.7. The largest absolute Gasteiger partial charge is 0.480 e. The van der Waals surface area contributed by atoms with Crippen molar-refractivity contribution in [1.82, 2.24) is 4.98 Å². The Morgan fingerprint density at radius 2 is 2.11 bits per heavy atom. The molecule has 100 valence electrons. The molecule has 7 heteroatoms.